The van der Waals surface area contributed by atoms with E-state index < -0.39 is 0 Å². The van der Waals surface area contributed by atoms with Crippen LogP contribution in [0, 0.1) is 6.92 Å². The van der Waals surface area contributed by atoms with Gasteiger partial charge in [-0.15, -0.1) is 0 Å². The molecule has 1 aromatic carbocycles. The Balaban J connectivity index is 2.20. The molecule has 2 aromatic rings. The van der Waals surface area contributed by atoms with Crippen LogP contribution in [-0.2, 0) is 4.74 Å². The number of furan rings is 1. The molecular formula is C16H23NO2. The van der Waals surface area contributed by atoms with Crippen LogP contribution in [0.2, 0.25) is 0 Å². The van der Waals surface area contributed by atoms with Gasteiger partial charge in [0.1, 0.15) is 11.3 Å². The Bertz CT molecular complexity index is 518. The highest BCUT2D eigenvalue weighted by atomic mass is 16.5. The molecule has 0 aliphatic rings. The zero-order valence-corrected chi connectivity index (χ0v) is 12.0. The number of rotatable bonds is 7. The Morgan fingerprint density at radius 2 is 2.16 bits per heavy atom. The lowest BCUT2D eigenvalue weighted by Gasteiger charge is -2.15. The van der Waals surface area contributed by atoms with Crippen molar-refractivity contribution >= 4 is 11.0 Å². The second-order valence-corrected chi connectivity index (χ2v) is 4.83. The summed E-state index contributed by atoms with van der Waals surface area (Å²) >= 11 is 0. The van der Waals surface area contributed by atoms with E-state index in [0.717, 1.165) is 36.3 Å². The molecule has 104 valence electrons. The summed E-state index contributed by atoms with van der Waals surface area (Å²) in [7, 11) is 0. The number of likely N-dealkylation sites (N-methyl/N-ethyl adjacent to an activating group) is 1. The van der Waals surface area contributed by atoms with Gasteiger partial charge in [-0.25, -0.2) is 0 Å². The molecule has 0 bridgehead atoms. The molecular weight excluding hydrogens is 238 g/mol. The van der Waals surface area contributed by atoms with Crippen LogP contribution in [0.3, 0.4) is 0 Å². The lowest BCUT2D eigenvalue weighted by atomic mass is 10.1. The van der Waals surface area contributed by atoms with Gasteiger partial charge in [0.2, 0.25) is 0 Å². The van der Waals surface area contributed by atoms with E-state index in [0.29, 0.717) is 6.61 Å². The van der Waals surface area contributed by atoms with E-state index in [1.54, 1.807) is 0 Å². The van der Waals surface area contributed by atoms with E-state index in [1.165, 1.54) is 5.56 Å². The molecule has 1 aromatic heterocycles. The number of aryl methyl sites for hydroxylation is 1. The van der Waals surface area contributed by atoms with Gasteiger partial charge in [0.05, 0.1) is 12.6 Å². The minimum Gasteiger partial charge on any atom is -0.459 e. The van der Waals surface area contributed by atoms with Crippen molar-refractivity contribution in [2.24, 2.45) is 0 Å². The first kappa shape index (κ1) is 14.1. The molecule has 0 fully saturated rings. The second-order valence-electron chi connectivity index (χ2n) is 4.83. The highest BCUT2D eigenvalue weighted by molar-refractivity contribution is 5.81. The molecule has 0 aliphatic heterocycles. The van der Waals surface area contributed by atoms with Crippen LogP contribution in [-0.4, -0.2) is 19.8 Å². The molecule has 0 aliphatic carbocycles. The summed E-state index contributed by atoms with van der Waals surface area (Å²) < 4.78 is 11.7. The molecule has 0 radical (unpaired) electrons. The van der Waals surface area contributed by atoms with Crippen molar-refractivity contribution in [3.05, 3.63) is 35.6 Å². The maximum absolute atomic E-state index is 6.00. The average Bonchev–Trinajstić information content (AvgIpc) is 2.83. The van der Waals surface area contributed by atoms with Gasteiger partial charge in [0.15, 0.2) is 0 Å². The maximum Gasteiger partial charge on any atom is 0.137 e. The molecule has 0 saturated carbocycles. The number of para-hydroxylation sites is 1. The lowest BCUT2D eigenvalue weighted by Crippen LogP contribution is -2.25. The average molecular weight is 261 g/mol. The number of benzene rings is 1. The van der Waals surface area contributed by atoms with Crippen LogP contribution in [0.15, 0.2) is 28.7 Å². The topological polar surface area (TPSA) is 34.4 Å². The van der Waals surface area contributed by atoms with Crippen molar-refractivity contribution in [2.45, 2.75) is 33.2 Å². The van der Waals surface area contributed by atoms with Gasteiger partial charge < -0.3 is 14.5 Å². The Hall–Kier alpha value is -1.32. The van der Waals surface area contributed by atoms with Gasteiger partial charge in [0.25, 0.3) is 0 Å². The van der Waals surface area contributed by atoms with Crippen molar-refractivity contribution in [2.75, 3.05) is 19.8 Å². The molecule has 2 rings (SSSR count). The molecule has 1 atom stereocenters. The quantitative estimate of drug-likeness (QED) is 0.769. The summed E-state index contributed by atoms with van der Waals surface area (Å²) in [5, 5.41) is 4.58. The molecule has 0 saturated heterocycles. The summed E-state index contributed by atoms with van der Waals surface area (Å²) in [6, 6.07) is 8.47. The third kappa shape index (κ3) is 3.37. The Labute approximate surface area is 114 Å². The number of nitrogens with one attached hydrogen (secondary N) is 1. The third-order valence-corrected chi connectivity index (χ3v) is 3.19. The molecule has 1 heterocycles. The van der Waals surface area contributed by atoms with E-state index in [2.05, 4.69) is 50.4 Å². The number of fused-ring (bicyclic) bond motifs is 1. The normalized spacial score (nSPS) is 13.0. The maximum atomic E-state index is 6.00. The first-order valence-electron chi connectivity index (χ1n) is 7.06. The van der Waals surface area contributed by atoms with Crippen molar-refractivity contribution in [3.8, 4) is 0 Å². The van der Waals surface area contributed by atoms with Crippen molar-refractivity contribution in [1.29, 1.82) is 0 Å². The minimum atomic E-state index is 0.128. The summed E-state index contributed by atoms with van der Waals surface area (Å²) in [6.07, 6.45) is 1.04. The summed E-state index contributed by atoms with van der Waals surface area (Å²) in [4.78, 5) is 0. The van der Waals surface area contributed by atoms with Crippen molar-refractivity contribution in [3.63, 3.8) is 0 Å². The lowest BCUT2D eigenvalue weighted by molar-refractivity contribution is 0.106. The van der Waals surface area contributed by atoms with Crippen LogP contribution in [0.4, 0.5) is 0 Å². The smallest absolute Gasteiger partial charge is 0.137 e. The molecule has 3 heteroatoms. The molecule has 0 amide bonds. The van der Waals surface area contributed by atoms with Crippen LogP contribution in [0.5, 0.6) is 0 Å². The van der Waals surface area contributed by atoms with E-state index in [9.17, 15) is 0 Å². The molecule has 3 nitrogen and oxygen atoms in total. The van der Waals surface area contributed by atoms with Crippen LogP contribution in [0.25, 0.3) is 11.0 Å². The zero-order chi connectivity index (χ0) is 13.7. The zero-order valence-electron chi connectivity index (χ0n) is 12.0. The predicted molar refractivity (Wildman–Crippen MR) is 78.5 cm³/mol. The van der Waals surface area contributed by atoms with E-state index in [4.69, 9.17) is 9.15 Å². The number of hydrogen-bond acceptors (Lipinski definition) is 3. The molecule has 19 heavy (non-hydrogen) atoms. The van der Waals surface area contributed by atoms with Crippen molar-refractivity contribution < 1.29 is 9.15 Å². The van der Waals surface area contributed by atoms with Crippen LogP contribution in [0.1, 0.15) is 37.6 Å². The summed E-state index contributed by atoms with van der Waals surface area (Å²) in [5.74, 6) is 0.960. The van der Waals surface area contributed by atoms with Gasteiger partial charge in [-0.2, -0.15) is 0 Å². The molecule has 1 N–H and O–H groups in total. The van der Waals surface area contributed by atoms with Gasteiger partial charge in [0, 0.05) is 12.0 Å². The van der Waals surface area contributed by atoms with Gasteiger partial charge in [-0.1, -0.05) is 32.0 Å². The number of ether oxygens (including phenoxy) is 1. The monoisotopic (exact) mass is 261 g/mol. The number of hydrogen-bond donors (Lipinski definition) is 1. The highest BCUT2D eigenvalue weighted by Crippen LogP contribution is 2.26. The predicted octanol–water partition coefficient (Wildman–Crippen LogP) is 3.82. The SMILES string of the molecule is CCCOCC(NCC)c1cc2cccc(C)c2o1. The third-order valence-electron chi connectivity index (χ3n) is 3.19. The fourth-order valence-corrected chi connectivity index (χ4v) is 2.23. The molecule has 1 unspecified atom stereocenters. The Kier molecular flexibility index (Phi) is 5.00. The fraction of sp³-hybridized carbons (Fsp3) is 0.500. The first-order chi connectivity index (χ1) is 9.26. The largest absolute Gasteiger partial charge is 0.459 e. The second kappa shape index (κ2) is 6.73. The van der Waals surface area contributed by atoms with Gasteiger partial charge >= 0.3 is 0 Å². The Morgan fingerprint density at radius 3 is 2.84 bits per heavy atom. The minimum absolute atomic E-state index is 0.128. The van der Waals surface area contributed by atoms with Crippen LogP contribution >= 0.6 is 0 Å². The highest BCUT2D eigenvalue weighted by Gasteiger charge is 2.16. The standard InChI is InChI=1S/C16H23NO2/c1-4-9-18-11-14(17-5-2)15-10-13-8-6-7-12(3)16(13)19-15/h6-8,10,14,17H,4-5,9,11H2,1-3H3. The summed E-state index contributed by atoms with van der Waals surface area (Å²) in [5.41, 5.74) is 2.16. The summed E-state index contributed by atoms with van der Waals surface area (Å²) in [6.45, 7) is 8.64. The van der Waals surface area contributed by atoms with E-state index in [1.807, 2.05) is 0 Å². The van der Waals surface area contributed by atoms with E-state index >= 15 is 0 Å². The van der Waals surface area contributed by atoms with Gasteiger partial charge in [-0.3, -0.25) is 0 Å². The van der Waals surface area contributed by atoms with Crippen LogP contribution < -0.4 is 5.32 Å². The van der Waals surface area contributed by atoms with Crippen molar-refractivity contribution in [1.82, 2.24) is 5.32 Å². The van der Waals surface area contributed by atoms with Gasteiger partial charge in [-0.05, 0) is 31.5 Å². The Morgan fingerprint density at radius 1 is 1.32 bits per heavy atom. The fourth-order valence-electron chi connectivity index (χ4n) is 2.23. The van der Waals surface area contributed by atoms with E-state index in [-0.39, 0.29) is 6.04 Å². The first-order valence-corrected chi connectivity index (χ1v) is 7.06. The molecule has 0 spiro atoms.